The number of fused-ring (bicyclic) bond motifs is 5. The lowest BCUT2D eigenvalue weighted by atomic mass is 10.2. The standard InChI is InChI=1S/C28H22ClN5O4S3/c1-36-16-9-10-18(22(13-16)38-3)30-23(35)14-40-27-32-26-24(25-31-17-6-4-5-7-19(17)33(25)27)41-28(39)34(26)20-12-15(29)8-11-21(20)37-2/h4-13H,14H2,1-3H3,(H,30,35). The monoisotopic (exact) mass is 623 g/mol. The van der Waals surface area contributed by atoms with Gasteiger partial charge in [-0.15, -0.1) is 0 Å². The Labute approximate surface area is 252 Å². The molecule has 41 heavy (non-hydrogen) atoms. The lowest BCUT2D eigenvalue weighted by Gasteiger charge is -2.13. The average Bonchev–Trinajstić information content (AvgIpc) is 3.53. The minimum absolute atomic E-state index is 0.0840. The molecule has 0 radical (unpaired) electrons. The van der Waals surface area contributed by atoms with Crippen LogP contribution in [0.4, 0.5) is 5.69 Å². The van der Waals surface area contributed by atoms with Crippen LogP contribution in [0.3, 0.4) is 0 Å². The number of imidazole rings is 1. The number of hydrogen-bond acceptors (Lipinski definition) is 9. The van der Waals surface area contributed by atoms with E-state index in [9.17, 15) is 4.79 Å². The van der Waals surface area contributed by atoms with Crippen molar-refractivity contribution in [1.82, 2.24) is 18.9 Å². The molecule has 0 spiro atoms. The fourth-order valence-electron chi connectivity index (χ4n) is 4.49. The van der Waals surface area contributed by atoms with E-state index in [2.05, 4.69) is 5.32 Å². The van der Waals surface area contributed by atoms with E-state index in [0.29, 0.717) is 54.1 Å². The number of ether oxygens (including phenoxy) is 3. The third kappa shape index (κ3) is 4.97. The predicted octanol–water partition coefficient (Wildman–Crippen LogP) is 7.03. The van der Waals surface area contributed by atoms with E-state index in [0.717, 1.165) is 15.7 Å². The molecule has 3 aromatic heterocycles. The second-order valence-electron chi connectivity index (χ2n) is 8.73. The van der Waals surface area contributed by atoms with Crippen molar-refractivity contribution in [3.8, 4) is 22.9 Å². The Kier molecular flexibility index (Phi) is 7.47. The van der Waals surface area contributed by atoms with Crippen LogP contribution in [0.25, 0.3) is 32.7 Å². The Balaban J connectivity index is 1.46. The summed E-state index contributed by atoms with van der Waals surface area (Å²) in [6.45, 7) is 0. The molecule has 3 aromatic carbocycles. The van der Waals surface area contributed by atoms with Gasteiger partial charge >= 0.3 is 0 Å². The number of hydrogen-bond donors (Lipinski definition) is 1. The molecule has 0 aliphatic carbocycles. The Morgan fingerprint density at radius 1 is 1.00 bits per heavy atom. The highest BCUT2D eigenvalue weighted by Crippen LogP contribution is 2.37. The molecule has 0 unspecified atom stereocenters. The fraction of sp³-hybridized carbons (Fsp3) is 0.143. The SMILES string of the molecule is COc1ccc(NC(=O)CSc2nc3c(sc(=S)n3-c3cc(Cl)ccc3OC)c3nc4ccccc4n23)c(OC)c1. The quantitative estimate of drug-likeness (QED) is 0.110. The number of methoxy groups -OCH3 is 3. The molecule has 208 valence electrons. The van der Waals surface area contributed by atoms with Gasteiger partial charge in [-0.1, -0.05) is 46.8 Å². The Morgan fingerprint density at radius 2 is 1.80 bits per heavy atom. The predicted molar refractivity (Wildman–Crippen MR) is 166 cm³/mol. The number of halogens is 1. The van der Waals surface area contributed by atoms with E-state index >= 15 is 0 Å². The van der Waals surface area contributed by atoms with Crippen LogP contribution in [0.1, 0.15) is 0 Å². The maximum Gasteiger partial charge on any atom is 0.234 e. The zero-order chi connectivity index (χ0) is 28.7. The molecular formula is C28H22ClN5O4S3. The second-order valence-corrected chi connectivity index (χ2v) is 11.8. The summed E-state index contributed by atoms with van der Waals surface area (Å²) in [7, 11) is 4.70. The summed E-state index contributed by atoms with van der Waals surface area (Å²) in [4.78, 5) is 23.1. The van der Waals surface area contributed by atoms with Crippen molar-refractivity contribution in [2.75, 3.05) is 32.4 Å². The van der Waals surface area contributed by atoms with Crippen LogP contribution in [-0.4, -0.2) is 51.9 Å². The number of amides is 1. The number of thioether (sulfide) groups is 1. The lowest BCUT2D eigenvalue weighted by Crippen LogP contribution is -2.15. The maximum atomic E-state index is 13.1. The molecule has 0 saturated carbocycles. The molecule has 9 nitrogen and oxygen atoms in total. The topological polar surface area (TPSA) is 91.9 Å². The lowest BCUT2D eigenvalue weighted by molar-refractivity contribution is -0.113. The van der Waals surface area contributed by atoms with Crippen LogP contribution in [0.5, 0.6) is 17.2 Å². The zero-order valence-electron chi connectivity index (χ0n) is 22.0. The Morgan fingerprint density at radius 3 is 2.59 bits per heavy atom. The van der Waals surface area contributed by atoms with Crippen LogP contribution in [0.2, 0.25) is 5.02 Å². The van der Waals surface area contributed by atoms with Gasteiger partial charge in [0.25, 0.3) is 0 Å². The van der Waals surface area contributed by atoms with Gasteiger partial charge in [0.15, 0.2) is 20.4 Å². The number of carbonyl (C=O) groups excluding carboxylic acids is 1. The van der Waals surface area contributed by atoms with E-state index in [1.165, 1.54) is 30.2 Å². The molecule has 0 aliphatic heterocycles. The molecular weight excluding hydrogens is 602 g/mol. The third-order valence-corrected chi connectivity index (χ3v) is 8.87. The summed E-state index contributed by atoms with van der Waals surface area (Å²) < 4.78 is 21.5. The molecule has 0 aliphatic rings. The summed E-state index contributed by atoms with van der Waals surface area (Å²) in [6, 6.07) is 18.4. The minimum Gasteiger partial charge on any atom is -0.497 e. The van der Waals surface area contributed by atoms with Crippen molar-refractivity contribution >= 4 is 85.5 Å². The van der Waals surface area contributed by atoms with Crippen LogP contribution in [-0.2, 0) is 4.79 Å². The zero-order valence-corrected chi connectivity index (χ0v) is 25.2. The number of thiazole rings is 1. The molecule has 0 saturated heterocycles. The van der Waals surface area contributed by atoms with E-state index in [1.54, 1.807) is 50.6 Å². The van der Waals surface area contributed by atoms with Gasteiger partial charge in [0, 0.05) is 11.1 Å². The number of nitrogens with zero attached hydrogens (tertiary/aromatic N) is 4. The van der Waals surface area contributed by atoms with Gasteiger partial charge in [0.05, 0.1) is 49.5 Å². The Hall–Kier alpha value is -3.84. The summed E-state index contributed by atoms with van der Waals surface area (Å²) in [5.74, 6) is 1.58. The first-order chi connectivity index (χ1) is 19.9. The molecule has 1 amide bonds. The first-order valence-corrected chi connectivity index (χ1v) is 14.8. The maximum absolute atomic E-state index is 13.1. The highest BCUT2D eigenvalue weighted by atomic mass is 35.5. The van der Waals surface area contributed by atoms with Gasteiger partial charge in [-0.3, -0.25) is 13.8 Å². The number of anilines is 1. The highest BCUT2D eigenvalue weighted by Gasteiger charge is 2.22. The van der Waals surface area contributed by atoms with Gasteiger partial charge in [0.1, 0.15) is 21.9 Å². The van der Waals surface area contributed by atoms with Crippen LogP contribution < -0.4 is 19.5 Å². The summed E-state index contributed by atoms with van der Waals surface area (Å²) in [5, 5.41) is 4.04. The molecule has 0 fully saturated rings. The molecule has 0 atom stereocenters. The number of para-hydroxylation sites is 2. The van der Waals surface area contributed by atoms with Crippen LogP contribution >= 0.6 is 46.9 Å². The van der Waals surface area contributed by atoms with E-state index in [-0.39, 0.29) is 11.7 Å². The molecule has 13 heteroatoms. The van der Waals surface area contributed by atoms with Gasteiger partial charge in [-0.2, -0.15) is 0 Å². The average molecular weight is 624 g/mol. The highest BCUT2D eigenvalue weighted by molar-refractivity contribution is 7.99. The van der Waals surface area contributed by atoms with Crippen molar-refractivity contribution in [2.45, 2.75) is 5.16 Å². The van der Waals surface area contributed by atoms with Crippen molar-refractivity contribution in [1.29, 1.82) is 0 Å². The second kappa shape index (κ2) is 11.2. The van der Waals surface area contributed by atoms with Crippen molar-refractivity contribution in [2.24, 2.45) is 0 Å². The van der Waals surface area contributed by atoms with E-state index in [4.69, 9.17) is 48.0 Å². The van der Waals surface area contributed by atoms with Gasteiger partial charge in [-0.05, 0) is 54.7 Å². The largest absolute Gasteiger partial charge is 0.497 e. The number of rotatable bonds is 8. The molecule has 6 aromatic rings. The minimum atomic E-state index is -0.225. The summed E-state index contributed by atoms with van der Waals surface area (Å²) in [6.07, 6.45) is 0. The normalized spacial score (nSPS) is 11.3. The smallest absolute Gasteiger partial charge is 0.234 e. The van der Waals surface area contributed by atoms with Crippen molar-refractivity contribution in [3.05, 3.63) is 69.6 Å². The molecule has 6 rings (SSSR count). The summed E-state index contributed by atoms with van der Waals surface area (Å²) >= 11 is 14.9. The van der Waals surface area contributed by atoms with Gasteiger partial charge < -0.3 is 19.5 Å². The van der Waals surface area contributed by atoms with E-state index in [1.807, 2.05) is 33.2 Å². The van der Waals surface area contributed by atoms with E-state index < -0.39 is 0 Å². The summed E-state index contributed by atoms with van der Waals surface area (Å²) in [5.41, 5.74) is 4.20. The van der Waals surface area contributed by atoms with Crippen LogP contribution in [0.15, 0.2) is 65.8 Å². The van der Waals surface area contributed by atoms with Crippen LogP contribution in [0, 0.1) is 3.95 Å². The van der Waals surface area contributed by atoms with Gasteiger partial charge in [0.2, 0.25) is 5.91 Å². The third-order valence-electron chi connectivity index (χ3n) is 6.34. The first kappa shape index (κ1) is 27.3. The fourth-order valence-corrected chi connectivity index (χ4v) is 6.80. The number of nitrogens with one attached hydrogen (secondary N) is 1. The first-order valence-electron chi connectivity index (χ1n) is 12.2. The number of benzene rings is 3. The van der Waals surface area contributed by atoms with Crippen molar-refractivity contribution in [3.63, 3.8) is 0 Å². The molecule has 0 bridgehead atoms. The van der Waals surface area contributed by atoms with Gasteiger partial charge in [-0.25, -0.2) is 9.97 Å². The molecule has 3 heterocycles. The number of carbonyl (C=O) groups is 1. The van der Waals surface area contributed by atoms with Crippen molar-refractivity contribution < 1.29 is 19.0 Å². The molecule has 1 N–H and O–H groups in total. The Bertz CT molecular complexity index is 2020. The number of aromatic nitrogens is 4.